The molecule has 1 aromatic carbocycles. The standard InChI is InChI=1S/C13H14OS2/c1-15-13-5-3-2-4-11(13)12(14)8-10-6-7-16-9-10/h2-7,9,12,14H,8H2,1H3. The van der Waals surface area contributed by atoms with Gasteiger partial charge in [0.05, 0.1) is 6.10 Å². The molecule has 0 aliphatic rings. The van der Waals surface area contributed by atoms with E-state index < -0.39 is 6.10 Å². The smallest absolute Gasteiger partial charge is 0.0841 e. The molecule has 1 atom stereocenters. The molecule has 1 N–H and O–H groups in total. The third-order valence-corrected chi connectivity index (χ3v) is 4.05. The predicted octanol–water partition coefficient (Wildman–Crippen LogP) is 3.75. The number of aliphatic hydroxyl groups is 1. The number of thiophene rings is 1. The van der Waals surface area contributed by atoms with Crippen LogP contribution in [0.3, 0.4) is 0 Å². The largest absolute Gasteiger partial charge is 0.388 e. The van der Waals surface area contributed by atoms with Crippen LogP contribution in [-0.2, 0) is 6.42 Å². The number of thioether (sulfide) groups is 1. The Hall–Kier alpha value is -0.770. The minimum absolute atomic E-state index is 0.404. The van der Waals surface area contributed by atoms with Crippen LogP contribution in [0.2, 0.25) is 0 Å². The first-order valence-corrected chi connectivity index (χ1v) is 7.30. The maximum atomic E-state index is 10.2. The molecule has 84 valence electrons. The Morgan fingerprint density at radius 3 is 2.81 bits per heavy atom. The van der Waals surface area contributed by atoms with Crippen molar-refractivity contribution in [2.45, 2.75) is 17.4 Å². The minimum Gasteiger partial charge on any atom is -0.388 e. The van der Waals surface area contributed by atoms with Crippen LogP contribution < -0.4 is 0 Å². The monoisotopic (exact) mass is 250 g/mol. The van der Waals surface area contributed by atoms with E-state index in [9.17, 15) is 5.11 Å². The van der Waals surface area contributed by atoms with Gasteiger partial charge >= 0.3 is 0 Å². The molecule has 0 bridgehead atoms. The predicted molar refractivity (Wildman–Crippen MR) is 71.2 cm³/mol. The van der Waals surface area contributed by atoms with Crippen LogP contribution in [0.4, 0.5) is 0 Å². The van der Waals surface area contributed by atoms with Gasteiger partial charge in [-0.1, -0.05) is 18.2 Å². The summed E-state index contributed by atoms with van der Waals surface area (Å²) in [6.45, 7) is 0. The van der Waals surface area contributed by atoms with Crippen molar-refractivity contribution in [1.82, 2.24) is 0 Å². The van der Waals surface area contributed by atoms with Crippen LogP contribution in [0, 0.1) is 0 Å². The second-order valence-electron chi connectivity index (χ2n) is 3.59. The molecule has 0 fully saturated rings. The van der Waals surface area contributed by atoms with Gasteiger partial charge in [0.15, 0.2) is 0 Å². The van der Waals surface area contributed by atoms with Crippen molar-refractivity contribution >= 4 is 23.1 Å². The molecule has 0 radical (unpaired) electrons. The van der Waals surface area contributed by atoms with Gasteiger partial charge in [0, 0.05) is 11.3 Å². The van der Waals surface area contributed by atoms with Crippen molar-refractivity contribution in [3.63, 3.8) is 0 Å². The molecule has 1 aromatic heterocycles. The van der Waals surface area contributed by atoms with E-state index in [1.54, 1.807) is 23.1 Å². The first-order chi connectivity index (χ1) is 7.81. The highest BCUT2D eigenvalue weighted by Crippen LogP contribution is 2.28. The Morgan fingerprint density at radius 1 is 1.31 bits per heavy atom. The molecule has 0 amide bonds. The Morgan fingerprint density at radius 2 is 2.12 bits per heavy atom. The van der Waals surface area contributed by atoms with Gasteiger partial charge in [0.25, 0.3) is 0 Å². The SMILES string of the molecule is CSc1ccccc1C(O)Cc1ccsc1. The van der Waals surface area contributed by atoms with Gasteiger partial charge in [0.2, 0.25) is 0 Å². The highest BCUT2D eigenvalue weighted by atomic mass is 32.2. The Labute approximate surface area is 104 Å². The van der Waals surface area contributed by atoms with Crippen molar-refractivity contribution < 1.29 is 5.11 Å². The van der Waals surface area contributed by atoms with Crippen molar-refractivity contribution in [2.75, 3.05) is 6.26 Å². The Kier molecular flexibility index (Phi) is 4.04. The summed E-state index contributed by atoms with van der Waals surface area (Å²) >= 11 is 3.35. The van der Waals surface area contributed by atoms with E-state index in [1.165, 1.54) is 5.56 Å². The molecule has 0 aliphatic carbocycles. The lowest BCUT2D eigenvalue weighted by molar-refractivity contribution is 0.176. The van der Waals surface area contributed by atoms with Crippen molar-refractivity contribution in [1.29, 1.82) is 0 Å². The number of benzene rings is 1. The molecule has 1 heterocycles. The van der Waals surface area contributed by atoms with E-state index in [4.69, 9.17) is 0 Å². The summed E-state index contributed by atoms with van der Waals surface area (Å²) in [6, 6.07) is 10.1. The van der Waals surface area contributed by atoms with Crippen LogP contribution in [0.5, 0.6) is 0 Å². The summed E-state index contributed by atoms with van der Waals surface area (Å²) in [5.41, 5.74) is 2.23. The van der Waals surface area contributed by atoms with E-state index in [0.29, 0.717) is 6.42 Å². The molecule has 0 spiro atoms. The highest BCUT2D eigenvalue weighted by molar-refractivity contribution is 7.98. The van der Waals surface area contributed by atoms with Crippen LogP contribution in [0.25, 0.3) is 0 Å². The van der Waals surface area contributed by atoms with Gasteiger partial charge in [-0.15, -0.1) is 11.8 Å². The third-order valence-electron chi connectivity index (χ3n) is 2.51. The van der Waals surface area contributed by atoms with Crippen LogP contribution in [-0.4, -0.2) is 11.4 Å². The average Bonchev–Trinajstić information content (AvgIpc) is 2.81. The molecule has 1 unspecified atom stereocenters. The van der Waals surface area contributed by atoms with E-state index in [0.717, 1.165) is 10.5 Å². The zero-order valence-electron chi connectivity index (χ0n) is 9.09. The summed E-state index contributed by atoms with van der Waals surface area (Å²) < 4.78 is 0. The Bertz CT molecular complexity index is 437. The molecule has 0 saturated carbocycles. The molecule has 2 aromatic rings. The van der Waals surface area contributed by atoms with E-state index in [-0.39, 0.29) is 0 Å². The van der Waals surface area contributed by atoms with Crippen LogP contribution >= 0.6 is 23.1 Å². The molecule has 0 aliphatic heterocycles. The minimum atomic E-state index is -0.404. The van der Waals surface area contributed by atoms with E-state index in [1.807, 2.05) is 29.8 Å². The molecular weight excluding hydrogens is 236 g/mol. The third kappa shape index (κ3) is 2.67. The summed E-state index contributed by atoms with van der Waals surface area (Å²) in [6.07, 6.45) is 2.33. The first kappa shape index (κ1) is 11.7. The van der Waals surface area contributed by atoms with Crippen molar-refractivity contribution in [3.05, 3.63) is 52.2 Å². The van der Waals surface area contributed by atoms with Gasteiger partial charge in [-0.3, -0.25) is 0 Å². The number of aliphatic hydroxyl groups excluding tert-OH is 1. The lowest BCUT2D eigenvalue weighted by Crippen LogP contribution is -2.02. The quantitative estimate of drug-likeness (QED) is 0.834. The number of rotatable bonds is 4. The fraction of sp³-hybridized carbons (Fsp3) is 0.231. The van der Waals surface area contributed by atoms with Gasteiger partial charge in [0.1, 0.15) is 0 Å². The van der Waals surface area contributed by atoms with Crippen LogP contribution in [0.15, 0.2) is 46.0 Å². The summed E-state index contributed by atoms with van der Waals surface area (Å²) in [5, 5.41) is 14.3. The zero-order chi connectivity index (χ0) is 11.4. The van der Waals surface area contributed by atoms with Crippen LogP contribution in [0.1, 0.15) is 17.2 Å². The van der Waals surface area contributed by atoms with E-state index >= 15 is 0 Å². The Balaban J connectivity index is 2.17. The fourth-order valence-electron chi connectivity index (χ4n) is 1.68. The van der Waals surface area contributed by atoms with Gasteiger partial charge in [-0.25, -0.2) is 0 Å². The molecule has 3 heteroatoms. The van der Waals surface area contributed by atoms with Gasteiger partial charge in [-0.2, -0.15) is 11.3 Å². The lowest BCUT2D eigenvalue weighted by atomic mass is 10.0. The summed E-state index contributed by atoms with van der Waals surface area (Å²) in [7, 11) is 0. The molecular formula is C13H14OS2. The average molecular weight is 250 g/mol. The topological polar surface area (TPSA) is 20.2 Å². The highest BCUT2D eigenvalue weighted by Gasteiger charge is 2.12. The number of hydrogen-bond acceptors (Lipinski definition) is 3. The second kappa shape index (κ2) is 5.53. The van der Waals surface area contributed by atoms with Gasteiger partial charge in [-0.05, 0) is 40.3 Å². The first-order valence-electron chi connectivity index (χ1n) is 5.13. The van der Waals surface area contributed by atoms with Gasteiger partial charge < -0.3 is 5.11 Å². The molecule has 0 saturated heterocycles. The lowest BCUT2D eigenvalue weighted by Gasteiger charge is -2.13. The summed E-state index contributed by atoms with van der Waals surface area (Å²) in [5.74, 6) is 0. The second-order valence-corrected chi connectivity index (χ2v) is 5.22. The van der Waals surface area contributed by atoms with Crippen molar-refractivity contribution in [2.24, 2.45) is 0 Å². The maximum Gasteiger partial charge on any atom is 0.0841 e. The summed E-state index contributed by atoms with van der Waals surface area (Å²) in [4.78, 5) is 1.16. The molecule has 2 rings (SSSR count). The normalized spacial score (nSPS) is 12.6. The molecule has 16 heavy (non-hydrogen) atoms. The fourth-order valence-corrected chi connectivity index (χ4v) is 3.02. The van der Waals surface area contributed by atoms with Crippen molar-refractivity contribution in [3.8, 4) is 0 Å². The number of hydrogen-bond donors (Lipinski definition) is 1. The van der Waals surface area contributed by atoms with E-state index in [2.05, 4.69) is 17.5 Å². The zero-order valence-corrected chi connectivity index (χ0v) is 10.7. The molecule has 1 nitrogen and oxygen atoms in total. The maximum absolute atomic E-state index is 10.2.